The van der Waals surface area contributed by atoms with Crippen molar-refractivity contribution in [2.24, 2.45) is 0 Å². The predicted octanol–water partition coefficient (Wildman–Crippen LogP) is 2.04. The monoisotopic (exact) mass is 342 g/mol. The highest BCUT2D eigenvalue weighted by atomic mass is 19.4. The molecule has 0 saturated heterocycles. The normalized spacial score (nSPS) is 15.2. The molecule has 8 heteroatoms. The van der Waals surface area contributed by atoms with Crippen molar-refractivity contribution >= 4 is 11.8 Å². The van der Waals surface area contributed by atoms with Gasteiger partial charge < -0.3 is 15.3 Å². The Morgan fingerprint density at radius 3 is 2.58 bits per heavy atom. The molecule has 0 spiro atoms. The lowest BCUT2D eigenvalue weighted by atomic mass is 10.0. The van der Waals surface area contributed by atoms with E-state index in [1.54, 1.807) is 0 Å². The van der Waals surface area contributed by atoms with Crippen LogP contribution in [0.15, 0.2) is 35.6 Å². The lowest BCUT2D eigenvalue weighted by Gasteiger charge is -2.13. The third-order valence-corrected chi connectivity index (χ3v) is 3.74. The highest BCUT2D eigenvalue weighted by Gasteiger charge is 2.33. The molecule has 0 aliphatic carbocycles. The molecule has 0 radical (unpaired) electrons. The van der Waals surface area contributed by atoms with Gasteiger partial charge in [-0.2, -0.15) is 13.2 Å². The van der Waals surface area contributed by atoms with Gasteiger partial charge in [-0.05, 0) is 24.5 Å². The highest BCUT2D eigenvalue weighted by Crippen LogP contribution is 2.32. The molecule has 1 aromatic carbocycles. The van der Waals surface area contributed by atoms with Crippen LogP contribution >= 0.6 is 0 Å². The number of aryl methyl sites for hydroxylation is 1. The minimum atomic E-state index is -4.41. The standard InChI is InChI=1S/C16H17F3N2O3/c1-21-9-11(13(22)15(21)24)14(23)20-8-4-6-10-5-2-3-7-12(10)16(17,18)19/h2-3,5,7,22H,4,6,8-9H2,1H3,(H,20,23). The number of likely N-dealkylation sites (N-methyl/N-ethyl adjacent to an activating group) is 1. The molecular weight excluding hydrogens is 325 g/mol. The maximum atomic E-state index is 12.9. The Balaban J connectivity index is 1.89. The number of hydrogen-bond acceptors (Lipinski definition) is 3. The molecule has 2 rings (SSSR count). The number of amides is 2. The molecule has 0 atom stereocenters. The van der Waals surface area contributed by atoms with E-state index in [1.165, 1.54) is 30.1 Å². The summed E-state index contributed by atoms with van der Waals surface area (Å²) in [6, 6.07) is 5.29. The number of carbonyl (C=O) groups is 2. The van der Waals surface area contributed by atoms with Crippen LogP contribution in [-0.2, 0) is 22.2 Å². The first-order chi connectivity index (χ1) is 11.2. The number of carbonyl (C=O) groups excluding carboxylic acids is 2. The summed E-state index contributed by atoms with van der Waals surface area (Å²) < 4.78 is 38.6. The summed E-state index contributed by atoms with van der Waals surface area (Å²) in [4.78, 5) is 24.5. The zero-order valence-corrected chi connectivity index (χ0v) is 13.0. The van der Waals surface area contributed by atoms with Crippen LogP contribution in [0.2, 0.25) is 0 Å². The van der Waals surface area contributed by atoms with E-state index in [0.717, 1.165) is 6.07 Å². The van der Waals surface area contributed by atoms with Gasteiger partial charge in [0, 0.05) is 13.6 Å². The second kappa shape index (κ2) is 6.94. The molecule has 1 aromatic rings. The Morgan fingerprint density at radius 1 is 1.33 bits per heavy atom. The topological polar surface area (TPSA) is 69.6 Å². The van der Waals surface area contributed by atoms with E-state index in [4.69, 9.17) is 0 Å². The summed E-state index contributed by atoms with van der Waals surface area (Å²) in [5.74, 6) is -1.80. The Morgan fingerprint density at radius 2 is 2.00 bits per heavy atom. The van der Waals surface area contributed by atoms with Crippen molar-refractivity contribution in [2.75, 3.05) is 20.1 Å². The minimum absolute atomic E-state index is 0.00735. The number of halogens is 3. The first kappa shape index (κ1) is 17.8. The third kappa shape index (κ3) is 3.87. The van der Waals surface area contributed by atoms with E-state index in [1.807, 2.05) is 0 Å². The van der Waals surface area contributed by atoms with Gasteiger partial charge in [-0.15, -0.1) is 0 Å². The van der Waals surface area contributed by atoms with Gasteiger partial charge in [-0.3, -0.25) is 9.59 Å². The molecule has 2 N–H and O–H groups in total. The van der Waals surface area contributed by atoms with Crippen LogP contribution < -0.4 is 5.32 Å². The first-order valence-electron chi connectivity index (χ1n) is 7.32. The lowest BCUT2D eigenvalue weighted by molar-refractivity contribution is -0.138. The minimum Gasteiger partial charge on any atom is -0.503 e. The SMILES string of the molecule is CN1CC(C(=O)NCCCc2ccccc2C(F)(F)F)=C(O)C1=O. The van der Waals surface area contributed by atoms with Gasteiger partial charge in [0.05, 0.1) is 17.7 Å². The number of aliphatic hydroxyl groups excluding tert-OH is 1. The van der Waals surface area contributed by atoms with E-state index in [2.05, 4.69) is 5.32 Å². The van der Waals surface area contributed by atoms with Crippen molar-refractivity contribution in [1.29, 1.82) is 0 Å². The van der Waals surface area contributed by atoms with Crippen molar-refractivity contribution in [3.63, 3.8) is 0 Å². The highest BCUT2D eigenvalue weighted by molar-refractivity contribution is 6.06. The van der Waals surface area contributed by atoms with Gasteiger partial charge in [-0.25, -0.2) is 0 Å². The number of aliphatic hydroxyl groups is 1. The summed E-state index contributed by atoms with van der Waals surface area (Å²) >= 11 is 0. The van der Waals surface area contributed by atoms with E-state index in [0.29, 0.717) is 6.42 Å². The van der Waals surface area contributed by atoms with Crippen molar-refractivity contribution in [1.82, 2.24) is 10.2 Å². The van der Waals surface area contributed by atoms with Gasteiger partial charge >= 0.3 is 6.18 Å². The van der Waals surface area contributed by atoms with Crippen molar-refractivity contribution in [3.8, 4) is 0 Å². The lowest BCUT2D eigenvalue weighted by Crippen LogP contribution is -2.29. The van der Waals surface area contributed by atoms with Crippen LogP contribution in [0.4, 0.5) is 13.2 Å². The van der Waals surface area contributed by atoms with Crippen LogP contribution in [0.3, 0.4) is 0 Å². The molecule has 2 amide bonds. The van der Waals surface area contributed by atoms with Crippen LogP contribution in [0, 0.1) is 0 Å². The van der Waals surface area contributed by atoms with Gasteiger partial charge in [0.15, 0.2) is 5.76 Å². The van der Waals surface area contributed by atoms with E-state index in [9.17, 15) is 27.9 Å². The molecule has 0 unspecified atom stereocenters. The van der Waals surface area contributed by atoms with Gasteiger partial charge in [0.1, 0.15) is 0 Å². The summed E-state index contributed by atoms with van der Waals surface area (Å²) in [6.45, 7) is 0.146. The fourth-order valence-electron chi connectivity index (χ4n) is 2.48. The first-order valence-corrected chi connectivity index (χ1v) is 7.32. The smallest absolute Gasteiger partial charge is 0.416 e. The fourth-order valence-corrected chi connectivity index (χ4v) is 2.48. The number of benzene rings is 1. The second-order valence-electron chi connectivity index (χ2n) is 5.50. The summed E-state index contributed by atoms with van der Waals surface area (Å²) in [5.41, 5.74) is -0.546. The van der Waals surface area contributed by atoms with Crippen LogP contribution in [0.25, 0.3) is 0 Å². The average Bonchev–Trinajstić information content (AvgIpc) is 2.78. The van der Waals surface area contributed by atoms with Crippen molar-refractivity contribution in [2.45, 2.75) is 19.0 Å². The third-order valence-electron chi connectivity index (χ3n) is 3.74. The molecule has 0 bridgehead atoms. The molecule has 130 valence electrons. The van der Waals surface area contributed by atoms with E-state index in [-0.39, 0.29) is 30.6 Å². The molecule has 5 nitrogen and oxygen atoms in total. The van der Waals surface area contributed by atoms with Crippen molar-refractivity contribution in [3.05, 3.63) is 46.7 Å². The van der Waals surface area contributed by atoms with Gasteiger partial charge in [0.2, 0.25) is 0 Å². The zero-order valence-electron chi connectivity index (χ0n) is 13.0. The average molecular weight is 342 g/mol. The molecule has 0 saturated carbocycles. The summed E-state index contributed by atoms with van der Waals surface area (Å²) in [5, 5.41) is 12.1. The number of nitrogens with one attached hydrogen (secondary N) is 1. The molecule has 1 aliphatic heterocycles. The maximum absolute atomic E-state index is 12.9. The molecule has 0 aromatic heterocycles. The van der Waals surface area contributed by atoms with Crippen LogP contribution in [0.1, 0.15) is 17.5 Å². The number of rotatable bonds is 5. The predicted molar refractivity (Wildman–Crippen MR) is 80.1 cm³/mol. The molecule has 1 heterocycles. The van der Waals surface area contributed by atoms with Crippen molar-refractivity contribution < 1.29 is 27.9 Å². The Bertz CT molecular complexity index is 683. The zero-order chi connectivity index (χ0) is 17.9. The van der Waals surface area contributed by atoms with Crippen LogP contribution in [0.5, 0.6) is 0 Å². The number of nitrogens with zero attached hydrogens (tertiary/aromatic N) is 1. The number of hydrogen-bond donors (Lipinski definition) is 2. The molecule has 1 aliphatic rings. The fraction of sp³-hybridized carbons (Fsp3) is 0.375. The van der Waals surface area contributed by atoms with Gasteiger partial charge in [-0.1, -0.05) is 18.2 Å². The molecular formula is C16H17F3N2O3. The largest absolute Gasteiger partial charge is 0.503 e. The van der Waals surface area contributed by atoms with E-state index >= 15 is 0 Å². The quantitative estimate of drug-likeness (QED) is 0.805. The Hall–Kier alpha value is -2.51. The molecule has 24 heavy (non-hydrogen) atoms. The van der Waals surface area contributed by atoms with Crippen LogP contribution in [-0.4, -0.2) is 42.0 Å². The van der Waals surface area contributed by atoms with Gasteiger partial charge in [0.25, 0.3) is 11.8 Å². The maximum Gasteiger partial charge on any atom is 0.416 e. The Kier molecular flexibility index (Phi) is 5.16. The summed E-state index contributed by atoms with van der Waals surface area (Å²) in [6.07, 6.45) is -3.96. The summed E-state index contributed by atoms with van der Waals surface area (Å²) in [7, 11) is 1.45. The second-order valence-corrected chi connectivity index (χ2v) is 5.50. The Labute approximate surface area is 136 Å². The van der Waals surface area contributed by atoms with E-state index < -0.39 is 29.3 Å². The number of alkyl halides is 3. The molecule has 0 fully saturated rings.